The van der Waals surface area contributed by atoms with Gasteiger partial charge in [-0.25, -0.2) is 0 Å². The Hall–Kier alpha value is -1.26. The number of amides is 1. The van der Waals surface area contributed by atoms with Gasteiger partial charge in [-0.05, 0) is 19.1 Å². The molecule has 16 heavy (non-hydrogen) atoms. The van der Waals surface area contributed by atoms with E-state index in [0.29, 0.717) is 18.1 Å². The number of hydrogen-bond donors (Lipinski definition) is 2. The van der Waals surface area contributed by atoms with Crippen molar-refractivity contribution in [2.24, 2.45) is 11.5 Å². The van der Waals surface area contributed by atoms with Gasteiger partial charge in [0, 0.05) is 29.4 Å². The fraction of sp³-hybridized carbons (Fsp3) is 0.364. The van der Waals surface area contributed by atoms with Crippen LogP contribution in [-0.2, 0) is 11.3 Å². The minimum absolute atomic E-state index is 0.170. The van der Waals surface area contributed by atoms with Gasteiger partial charge >= 0.3 is 0 Å². The lowest BCUT2D eigenvalue weighted by Crippen LogP contribution is -2.34. The van der Waals surface area contributed by atoms with E-state index < -0.39 is 0 Å². The molecule has 0 aromatic heterocycles. The van der Waals surface area contributed by atoms with Crippen LogP contribution in [-0.4, -0.2) is 19.0 Å². The van der Waals surface area contributed by atoms with E-state index in [9.17, 15) is 4.79 Å². The number of nitrogens with two attached hydrogens (primary N) is 2. The maximum Gasteiger partial charge on any atom is 0.236 e. The van der Waals surface area contributed by atoms with Gasteiger partial charge in [0.2, 0.25) is 5.91 Å². The first-order valence-electron chi connectivity index (χ1n) is 5.10. The maximum absolute atomic E-state index is 10.9. The lowest BCUT2D eigenvalue weighted by molar-refractivity contribution is -0.116. The lowest BCUT2D eigenvalue weighted by Gasteiger charge is -2.24. The summed E-state index contributed by atoms with van der Waals surface area (Å²) in [6.45, 7) is 3.13. The van der Waals surface area contributed by atoms with Crippen LogP contribution >= 0.6 is 11.6 Å². The normalized spacial score (nSPS) is 10.2. The number of hydrogen-bond acceptors (Lipinski definition) is 3. The Morgan fingerprint density at radius 1 is 1.50 bits per heavy atom. The first-order valence-corrected chi connectivity index (χ1v) is 5.48. The minimum atomic E-state index is -0.371. The van der Waals surface area contributed by atoms with Crippen molar-refractivity contribution in [3.63, 3.8) is 0 Å². The molecule has 1 rings (SSSR count). The average molecular weight is 242 g/mol. The molecule has 0 saturated carbocycles. The predicted octanol–water partition coefficient (Wildman–Crippen LogP) is 1.11. The molecule has 0 saturated heterocycles. The summed E-state index contributed by atoms with van der Waals surface area (Å²) >= 11 is 6.04. The molecular formula is C11H16ClN3O. The molecule has 0 aliphatic rings. The molecule has 0 radical (unpaired) electrons. The number of likely N-dealkylation sites (N-methyl/N-ethyl adjacent to an activating group) is 1. The van der Waals surface area contributed by atoms with Gasteiger partial charge in [0.15, 0.2) is 0 Å². The Bertz CT molecular complexity index is 381. The van der Waals surface area contributed by atoms with Crippen LogP contribution in [0.15, 0.2) is 18.2 Å². The van der Waals surface area contributed by atoms with Crippen LogP contribution < -0.4 is 16.4 Å². The second kappa shape index (κ2) is 5.72. The molecule has 0 fully saturated rings. The van der Waals surface area contributed by atoms with E-state index in [-0.39, 0.29) is 12.5 Å². The Balaban J connectivity index is 3.08. The molecule has 0 atom stereocenters. The standard InChI is InChI=1S/C11H16ClN3O/c1-2-15(7-11(14)16)10-5-3-4-9(12)8(10)6-13/h3-5H,2,6-7,13H2,1H3,(H2,14,16). The van der Waals surface area contributed by atoms with E-state index in [0.717, 1.165) is 11.3 Å². The van der Waals surface area contributed by atoms with Gasteiger partial charge in [0.1, 0.15) is 0 Å². The molecule has 0 spiro atoms. The number of halogens is 1. The fourth-order valence-electron chi connectivity index (χ4n) is 1.60. The highest BCUT2D eigenvalue weighted by molar-refractivity contribution is 6.31. The molecule has 5 heteroatoms. The van der Waals surface area contributed by atoms with Gasteiger partial charge < -0.3 is 16.4 Å². The van der Waals surface area contributed by atoms with Crippen molar-refractivity contribution < 1.29 is 4.79 Å². The molecule has 0 unspecified atom stereocenters. The summed E-state index contributed by atoms with van der Waals surface area (Å²) in [5.74, 6) is -0.371. The molecule has 1 aromatic carbocycles. The number of benzene rings is 1. The summed E-state index contributed by atoms with van der Waals surface area (Å²) in [4.78, 5) is 12.8. The lowest BCUT2D eigenvalue weighted by atomic mass is 10.1. The van der Waals surface area contributed by atoms with Gasteiger partial charge in [-0.3, -0.25) is 4.79 Å². The van der Waals surface area contributed by atoms with Crippen LogP contribution in [0, 0.1) is 0 Å². The van der Waals surface area contributed by atoms with E-state index in [2.05, 4.69) is 0 Å². The first kappa shape index (κ1) is 12.8. The van der Waals surface area contributed by atoms with E-state index in [4.69, 9.17) is 23.1 Å². The highest BCUT2D eigenvalue weighted by Crippen LogP contribution is 2.26. The van der Waals surface area contributed by atoms with Gasteiger partial charge in [-0.2, -0.15) is 0 Å². The highest BCUT2D eigenvalue weighted by atomic mass is 35.5. The third-order valence-corrected chi connectivity index (χ3v) is 2.72. The minimum Gasteiger partial charge on any atom is -0.368 e. The predicted molar refractivity (Wildman–Crippen MR) is 66.4 cm³/mol. The van der Waals surface area contributed by atoms with Crippen LogP contribution in [0.25, 0.3) is 0 Å². The molecule has 0 aliphatic heterocycles. The van der Waals surface area contributed by atoms with Crippen molar-refractivity contribution in [2.45, 2.75) is 13.5 Å². The summed E-state index contributed by atoms with van der Waals surface area (Å²) in [5.41, 5.74) is 12.6. The molecule has 88 valence electrons. The number of carbonyl (C=O) groups is 1. The second-order valence-electron chi connectivity index (χ2n) is 3.42. The van der Waals surface area contributed by atoms with Crippen molar-refractivity contribution in [3.05, 3.63) is 28.8 Å². The van der Waals surface area contributed by atoms with Gasteiger partial charge in [-0.1, -0.05) is 17.7 Å². The second-order valence-corrected chi connectivity index (χ2v) is 3.83. The Labute approximate surface area is 100 Å². The Morgan fingerprint density at radius 2 is 2.19 bits per heavy atom. The largest absolute Gasteiger partial charge is 0.368 e. The van der Waals surface area contributed by atoms with Crippen LogP contribution in [0.2, 0.25) is 5.02 Å². The van der Waals surface area contributed by atoms with E-state index in [1.165, 1.54) is 0 Å². The van der Waals surface area contributed by atoms with Crippen molar-refractivity contribution in [2.75, 3.05) is 18.0 Å². The zero-order valence-corrected chi connectivity index (χ0v) is 10.00. The summed E-state index contributed by atoms with van der Waals surface area (Å²) in [5, 5.41) is 0.614. The number of rotatable bonds is 5. The smallest absolute Gasteiger partial charge is 0.236 e. The Morgan fingerprint density at radius 3 is 2.69 bits per heavy atom. The number of nitrogens with zero attached hydrogens (tertiary/aromatic N) is 1. The SMILES string of the molecule is CCN(CC(N)=O)c1cccc(Cl)c1CN. The van der Waals surface area contributed by atoms with Crippen molar-refractivity contribution >= 4 is 23.2 Å². The molecule has 1 amide bonds. The summed E-state index contributed by atoms with van der Waals surface area (Å²) in [6, 6.07) is 5.51. The van der Waals surface area contributed by atoms with Gasteiger partial charge in [0.05, 0.1) is 6.54 Å². The topological polar surface area (TPSA) is 72.3 Å². The zero-order valence-electron chi connectivity index (χ0n) is 9.24. The summed E-state index contributed by atoms with van der Waals surface area (Å²) in [7, 11) is 0. The number of anilines is 1. The van der Waals surface area contributed by atoms with Crippen molar-refractivity contribution in [1.82, 2.24) is 0 Å². The molecule has 4 nitrogen and oxygen atoms in total. The molecule has 0 aliphatic carbocycles. The molecular weight excluding hydrogens is 226 g/mol. The van der Waals surface area contributed by atoms with Gasteiger partial charge in [0.25, 0.3) is 0 Å². The van der Waals surface area contributed by atoms with Gasteiger partial charge in [-0.15, -0.1) is 0 Å². The zero-order chi connectivity index (χ0) is 12.1. The third-order valence-electron chi connectivity index (χ3n) is 2.37. The van der Waals surface area contributed by atoms with Crippen LogP contribution in [0.1, 0.15) is 12.5 Å². The quantitative estimate of drug-likeness (QED) is 0.811. The van der Waals surface area contributed by atoms with Crippen LogP contribution in [0.3, 0.4) is 0 Å². The fourth-order valence-corrected chi connectivity index (χ4v) is 1.85. The highest BCUT2D eigenvalue weighted by Gasteiger charge is 2.13. The molecule has 4 N–H and O–H groups in total. The first-order chi connectivity index (χ1) is 7.60. The number of carbonyl (C=O) groups excluding carboxylic acids is 1. The third kappa shape index (κ3) is 2.87. The maximum atomic E-state index is 10.9. The Kier molecular flexibility index (Phi) is 4.58. The van der Waals surface area contributed by atoms with Crippen molar-refractivity contribution in [1.29, 1.82) is 0 Å². The van der Waals surface area contributed by atoms with Crippen molar-refractivity contribution in [3.8, 4) is 0 Å². The van der Waals surface area contributed by atoms with Crippen LogP contribution in [0.4, 0.5) is 5.69 Å². The molecule has 1 aromatic rings. The van der Waals surface area contributed by atoms with Crippen LogP contribution in [0.5, 0.6) is 0 Å². The monoisotopic (exact) mass is 241 g/mol. The summed E-state index contributed by atoms with van der Waals surface area (Å²) < 4.78 is 0. The van der Waals surface area contributed by atoms with E-state index in [1.54, 1.807) is 6.07 Å². The summed E-state index contributed by atoms with van der Waals surface area (Å²) in [6.07, 6.45) is 0. The van der Waals surface area contributed by atoms with E-state index >= 15 is 0 Å². The number of primary amides is 1. The van der Waals surface area contributed by atoms with E-state index in [1.807, 2.05) is 24.0 Å². The average Bonchev–Trinajstić information content (AvgIpc) is 2.25. The molecule has 0 heterocycles. The molecule has 0 bridgehead atoms.